The topological polar surface area (TPSA) is 69.7 Å². The molecule has 7 atom stereocenters. The molecule has 0 spiro atoms. The smallest absolute Gasteiger partial charge is 0.302 e. The Morgan fingerprint density at radius 3 is 2.45 bits per heavy atom. The van der Waals surface area contributed by atoms with Gasteiger partial charge in [0.1, 0.15) is 12.4 Å². The molecule has 0 aromatic carbocycles. The van der Waals surface area contributed by atoms with Crippen molar-refractivity contribution in [3.63, 3.8) is 0 Å². The van der Waals surface area contributed by atoms with Gasteiger partial charge in [-0.3, -0.25) is 9.59 Å². The van der Waals surface area contributed by atoms with Crippen LogP contribution in [0.1, 0.15) is 72.6 Å². The number of carbonyl (C=O) groups excluding carboxylic acids is 3. The van der Waals surface area contributed by atoms with Gasteiger partial charge in [0.25, 0.3) is 0 Å². The van der Waals surface area contributed by atoms with E-state index in [0.717, 1.165) is 38.5 Å². The van der Waals surface area contributed by atoms with E-state index in [2.05, 4.69) is 20.4 Å². The lowest BCUT2D eigenvalue weighted by atomic mass is 9.49. The zero-order valence-electron chi connectivity index (χ0n) is 18.4. The highest BCUT2D eigenvalue weighted by molar-refractivity contribution is 5.66. The zero-order valence-corrected chi connectivity index (χ0v) is 18.4. The summed E-state index contributed by atoms with van der Waals surface area (Å²) in [5, 5.41) is 0. The number of esters is 2. The van der Waals surface area contributed by atoms with Crippen molar-refractivity contribution in [1.82, 2.24) is 0 Å². The highest BCUT2D eigenvalue weighted by atomic mass is 16.5. The van der Waals surface area contributed by atoms with Gasteiger partial charge in [-0.2, -0.15) is 0 Å². The van der Waals surface area contributed by atoms with Crippen LogP contribution < -0.4 is 0 Å². The second-order valence-corrected chi connectivity index (χ2v) is 10.0. The summed E-state index contributed by atoms with van der Waals surface area (Å²) < 4.78 is 10.9. The minimum Gasteiger partial charge on any atom is -0.466 e. The first-order chi connectivity index (χ1) is 13.6. The van der Waals surface area contributed by atoms with Gasteiger partial charge in [0.05, 0.1) is 6.61 Å². The van der Waals surface area contributed by atoms with Crippen molar-refractivity contribution in [3.8, 4) is 0 Å². The third-order valence-electron chi connectivity index (χ3n) is 8.60. The van der Waals surface area contributed by atoms with Crippen molar-refractivity contribution in [3.05, 3.63) is 12.2 Å². The van der Waals surface area contributed by atoms with Gasteiger partial charge in [0.2, 0.25) is 0 Å². The lowest BCUT2D eigenvalue weighted by molar-refractivity contribution is -0.161. The highest BCUT2D eigenvalue weighted by Crippen LogP contribution is 2.63. The predicted molar refractivity (Wildman–Crippen MR) is 110 cm³/mol. The monoisotopic (exact) mass is 404 g/mol. The fourth-order valence-corrected chi connectivity index (χ4v) is 6.75. The Morgan fingerprint density at radius 2 is 1.83 bits per heavy atom. The second-order valence-electron chi connectivity index (χ2n) is 10.0. The van der Waals surface area contributed by atoms with Crippen LogP contribution in [-0.4, -0.2) is 30.9 Å². The van der Waals surface area contributed by atoms with Gasteiger partial charge in [-0.15, -0.1) is 0 Å². The van der Waals surface area contributed by atoms with Crippen LogP contribution >= 0.6 is 0 Å². The van der Waals surface area contributed by atoms with Crippen LogP contribution in [0.15, 0.2) is 12.2 Å². The first kappa shape index (κ1) is 22.0. The van der Waals surface area contributed by atoms with Crippen LogP contribution in [0.25, 0.3) is 0 Å². The molecular weight excluding hydrogens is 368 g/mol. The highest BCUT2D eigenvalue weighted by Gasteiger charge is 2.57. The number of aldehydes is 1. The first-order valence-electron chi connectivity index (χ1n) is 11.1. The Kier molecular flexibility index (Phi) is 6.26. The number of allylic oxidation sites excluding steroid dienone is 1. The molecule has 0 radical (unpaired) electrons. The Morgan fingerprint density at radius 1 is 1.10 bits per heavy atom. The quantitative estimate of drug-likeness (QED) is 0.384. The molecule has 29 heavy (non-hydrogen) atoms. The van der Waals surface area contributed by atoms with E-state index < -0.39 is 0 Å². The fraction of sp³-hybridized carbons (Fsp3) is 0.792. The molecule has 3 aliphatic rings. The standard InChI is InChI=1S/C24H36O5/c1-15-6-7-21-20(13-25)22(9-11-23(15,21)4)24(5)10-8-19(29-17(3)27)12-18(24)14-28-16(2)26/h13,18-22H,1,6-12,14H2,2-5H3/t18-,19+,20+,21+,22+,23-,24+/m1/s1. The van der Waals surface area contributed by atoms with Crippen molar-refractivity contribution >= 4 is 18.2 Å². The maximum Gasteiger partial charge on any atom is 0.302 e. The van der Waals surface area contributed by atoms with Crippen molar-refractivity contribution in [1.29, 1.82) is 0 Å². The normalized spacial score (nSPS) is 42.1. The minimum atomic E-state index is -0.294. The minimum absolute atomic E-state index is 0.00287. The van der Waals surface area contributed by atoms with Gasteiger partial charge in [0.15, 0.2) is 0 Å². The van der Waals surface area contributed by atoms with Gasteiger partial charge in [0, 0.05) is 25.7 Å². The summed E-state index contributed by atoms with van der Waals surface area (Å²) in [4.78, 5) is 35.3. The average molecular weight is 405 g/mol. The van der Waals surface area contributed by atoms with Crippen LogP contribution in [0, 0.1) is 34.5 Å². The van der Waals surface area contributed by atoms with E-state index in [9.17, 15) is 14.4 Å². The second kappa shape index (κ2) is 8.23. The molecule has 0 saturated heterocycles. The molecule has 3 saturated carbocycles. The van der Waals surface area contributed by atoms with Gasteiger partial charge in [-0.1, -0.05) is 26.0 Å². The molecule has 0 aromatic heterocycles. The van der Waals surface area contributed by atoms with E-state index in [1.807, 2.05) is 0 Å². The number of hydrogen-bond donors (Lipinski definition) is 0. The Bertz CT molecular complexity index is 685. The molecular formula is C24H36O5. The third-order valence-corrected chi connectivity index (χ3v) is 8.60. The van der Waals surface area contributed by atoms with E-state index in [4.69, 9.17) is 9.47 Å². The molecule has 0 unspecified atom stereocenters. The fourth-order valence-electron chi connectivity index (χ4n) is 6.75. The van der Waals surface area contributed by atoms with E-state index in [-0.39, 0.29) is 46.6 Å². The molecule has 162 valence electrons. The first-order valence-corrected chi connectivity index (χ1v) is 11.1. The van der Waals surface area contributed by atoms with Gasteiger partial charge >= 0.3 is 11.9 Å². The summed E-state index contributed by atoms with van der Waals surface area (Å²) in [6.45, 7) is 12.0. The summed E-state index contributed by atoms with van der Waals surface area (Å²) in [5.41, 5.74) is 1.25. The zero-order chi connectivity index (χ0) is 21.4. The SMILES string of the molecule is C=C1CC[C@H]2[C@H](C=O)[C@@H]([C@@]3(C)CC[C@H](OC(C)=O)C[C@@H]3COC(C)=O)CC[C@]12C. The van der Waals surface area contributed by atoms with E-state index in [0.29, 0.717) is 18.9 Å². The van der Waals surface area contributed by atoms with Crippen molar-refractivity contribution in [2.24, 2.45) is 34.5 Å². The number of rotatable bonds is 5. The lowest BCUT2D eigenvalue weighted by Crippen LogP contribution is -2.52. The van der Waals surface area contributed by atoms with Crippen LogP contribution in [-0.2, 0) is 23.9 Å². The molecule has 3 fully saturated rings. The summed E-state index contributed by atoms with van der Waals surface area (Å²) >= 11 is 0. The summed E-state index contributed by atoms with van der Waals surface area (Å²) in [7, 11) is 0. The van der Waals surface area contributed by atoms with Crippen LogP contribution in [0.2, 0.25) is 0 Å². The summed E-state index contributed by atoms with van der Waals surface area (Å²) in [6.07, 6.45) is 7.50. The van der Waals surface area contributed by atoms with E-state index >= 15 is 0 Å². The molecule has 0 bridgehead atoms. The predicted octanol–water partition coefficient (Wildman–Crippen LogP) is 4.49. The maximum atomic E-state index is 12.3. The molecule has 5 nitrogen and oxygen atoms in total. The van der Waals surface area contributed by atoms with E-state index in [1.165, 1.54) is 25.7 Å². The van der Waals surface area contributed by atoms with Crippen LogP contribution in [0.4, 0.5) is 0 Å². The van der Waals surface area contributed by atoms with Gasteiger partial charge in [-0.25, -0.2) is 0 Å². The molecule has 0 N–H and O–H groups in total. The van der Waals surface area contributed by atoms with Crippen LogP contribution in [0.5, 0.6) is 0 Å². The molecule has 3 rings (SSSR count). The Balaban J connectivity index is 1.86. The van der Waals surface area contributed by atoms with Crippen molar-refractivity contribution in [2.75, 3.05) is 6.61 Å². The summed E-state index contributed by atoms with van der Waals surface area (Å²) in [6, 6.07) is 0. The molecule has 0 amide bonds. The van der Waals surface area contributed by atoms with Crippen LogP contribution in [0.3, 0.4) is 0 Å². The molecule has 0 aliphatic heterocycles. The maximum absolute atomic E-state index is 12.3. The third kappa shape index (κ3) is 4.02. The van der Waals surface area contributed by atoms with Crippen molar-refractivity contribution in [2.45, 2.75) is 78.7 Å². The number of ether oxygens (including phenoxy) is 2. The molecule has 0 aromatic rings. The van der Waals surface area contributed by atoms with Gasteiger partial charge < -0.3 is 14.3 Å². The van der Waals surface area contributed by atoms with Gasteiger partial charge in [-0.05, 0) is 67.6 Å². The Labute approximate surface area is 174 Å². The number of fused-ring (bicyclic) bond motifs is 1. The average Bonchev–Trinajstić information content (AvgIpc) is 2.96. The molecule has 5 heteroatoms. The number of carbonyl (C=O) groups is 3. The Hall–Kier alpha value is -1.65. The largest absolute Gasteiger partial charge is 0.466 e. The summed E-state index contributed by atoms with van der Waals surface area (Å²) in [5.74, 6) is 0.117. The molecule has 0 heterocycles. The lowest BCUT2D eigenvalue weighted by Gasteiger charge is -2.55. The van der Waals surface area contributed by atoms with E-state index in [1.54, 1.807) is 0 Å². The van der Waals surface area contributed by atoms with Crippen molar-refractivity contribution < 1.29 is 23.9 Å². The number of hydrogen-bond acceptors (Lipinski definition) is 5. The molecule has 3 aliphatic carbocycles.